The predicted molar refractivity (Wildman–Crippen MR) is 90.0 cm³/mol. The molecule has 0 radical (unpaired) electrons. The second-order valence-corrected chi connectivity index (χ2v) is 6.89. The first-order valence-electron chi connectivity index (χ1n) is 8.67. The molecule has 2 aliphatic heterocycles. The van der Waals surface area contributed by atoms with Gasteiger partial charge in [-0.15, -0.1) is 0 Å². The molecular formula is C18H26FN3O2. The summed E-state index contributed by atoms with van der Waals surface area (Å²) in [5, 5.41) is 10.0. The molecule has 1 aromatic carbocycles. The van der Waals surface area contributed by atoms with Gasteiger partial charge in [-0.05, 0) is 31.2 Å². The van der Waals surface area contributed by atoms with Crippen molar-refractivity contribution in [1.29, 1.82) is 0 Å². The predicted octanol–water partition coefficient (Wildman–Crippen LogP) is 1.10. The zero-order valence-corrected chi connectivity index (χ0v) is 14.2. The fraction of sp³-hybridized carbons (Fsp3) is 0.611. The quantitative estimate of drug-likeness (QED) is 0.895. The first kappa shape index (κ1) is 17.3. The number of likely N-dealkylation sites (tertiary alicyclic amines) is 1. The van der Waals surface area contributed by atoms with Crippen LogP contribution in [0.1, 0.15) is 24.4 Å². The molecule has 3 rings (SSSR count). The van der Waals surface area contributed by atoms with Crippen LogP contribution in [0.5, 0.6) is 0 Å². The second kappa shape index (κ2) is 7.59. The monoisotopic (exact) mass is 335 g/mol. The number of aliphatic hydroxyl groups excluding tert-OH is 1. The zero-order valence-electron chi connectivity index (χ0n) is 14.2. The fourth-order valence-electron chi connectivity index (χ4n) is 3.61. The van der Waals surface area contributed by atoms with Crippen molar-refractivity contribution in [2.75, 3.05) is 46.3 Å². The minimum atomic E-state index is -0.390. The number of hydrogen-bond donors (Lipinski definition) is 1. The first-order chi connectivity index (χ1) is 11.5. The van der Waals surface area contributed by atoms with Gasteiger partial charge >= 0.3 is 0 Å². The first-order valence-corrected chi connectivity index (χ1v) is 8.67. The third-order valence-corrected chi connectivity index (χ3v) is 5.11. The van der Waals surface area contributed by atoms with Gasteiger partial charge in [-0.1, -0.05) is 12.1 Å². The van der Waals surface area contributed by atoms with Crippen molar-refractivity contribution in [2.45, 2.75) is 25.0 Å². The molecule has 2 saturated heterocycles. The van der Waals surface area contributed by atoms with Crippen molar-refractivity contribution in [3.63, 3.8) is 0 Å². The van der Waals surface area contributed by atoms with Gasteiger partial charge in [0.2, 0.25) is 5.91 Å². The number of aliphatic hydroxyl groups is 1. The van der Waals surface area contributed by atoms with Crippen LogP contribution in [-0.4, -0.2) is 78.1 Å². The van der Waals surface area contributed by atoms with Crippen LogP contribution in [-0.2, 0) is 4.79 Å². The number of nitrogens with zero attached hydrogens (tertiary/aromatic N) is 3. The minimum Gasteiger partial charge on any atom is -0.392 e. The number of carbonyl (C=O) groups is 1. The number of rotatable bonds is 4. The Morgan fingerprint density at radius 1 is 1.21 bits per heavy atom. The molecule has 0 saturated carbocycles. The molecule has 0 aliphatic carbocycles. The molecule has 24 heavy (non-hydrogen) atoms. The van der Waals surface area contributed by atoms with E-state index in [-0.39, 0.29) is 17.8 Å². The van der Waals surface area contributed by atoms with Gasteiger partial charge in [-0.3, -0.25) is 9.69 Å². The van der Waals surface area contributed by atoms with Crippen molar-refractivity contribution in [3.05, 3.63) is 35.6 Å². The molecular weight excluding hydrogens is 309 g/mol. The average Bonchev–Trinajstić information content (AvgIpc) is 2.95. The number of β-amino-alcohol motifs (C(OH)–C–C–N with tert-alkyl or cyclic N) is 1. The van der Waals surface area contributed by atoms with Crippen molar-refractivity contribution in [2.24, 2.45) is 0 Å². The third kappa shape index (κ3) is 4.12. The van der Waals surface area contributed by atoms with Crippen LogP contribution in [0.15, 0.2) is 24.3 Å². The van der Waals surface area contributed by atoms with Crippen molar-refractivity contribution < 1.29 is 14.3 Å². The molecule has 0 aromatic heterocycles. The average molecular weight is 335 g/mol. The Hall–Kier alpha value is -1.50. The number of benzene rings is 1. The minimum absolute atomic E-state index is 0.0564. The van der Waals surface area contributed by atoms with E-state index in [1.807, 2.05) is 4.90 Å². The summed E-state index contributed by atoms with van der Waals surface area (Å²) in [5.74, 6) is -0.0727. The van der Waals surface area contributed by atoms with Crippen molar-refractivity contribution >= 4 is 5.91 Å². The van der Waals surface area contributed by atoms with Gasteiger partial charge in [0.15, 0.2) is 0 Å². The summed E-state index contributed by atoms with van der Waals surface area (Å²) in [6, 6.07) is 6.50. The Balaban J connectivity index is 1.56. The SMILES string of the molecule is CN1CCN(C(=O)CCN2C[C@@H](O)C[C@H]2c2ccc(F)cc2)CC1. The molecule has 1 amide bonds. The van der Waals surface area contributed by atoms with E-state index in [4.69, 9.17) is 0 Å². The number of piperazine rings is 1. The van der Waals surface area contributed by atoms with E-state index in [1.165, 1.54) is 12.1 Å². The number of likely N-dealkylation sites (N-methyl/N-ethyl adjacent to an activating group) is 1. The Kier molecular flexibility index (Phi) is 5.48. The summed E-state index contributed by atoms with van der Waals surface area (Å²) in [4.78, 5) is 18.7. The maximum Gasteiger partial charge on any atom is 0.223 e. The van der Waals surface area contributed by atoms with E-state index in [9.17, 15) is 14.3 Å². The molecule has 1 aromatic rings. The van der Waals surface area contributed by atoms with Crippen LogP contribution in [0.4, 0.5) is 4.39 Å². The molecule has 0 bridgehead atoms. The molecule has 6 heteroatoms. The van der Waals surface area contributed by atoms with Crippen LogP contribution in [0.25, 0.3) is 0 Å². The smallest absolute Gasteiger partial charge is 0.223 e. The lowest BCUT2D eigenvalue weighted by Gasteiger charge is -2.33. The molecule has 2 atom stereocenters. The number of amides is 1. The van der Waals surface area contributed by atoms with Gasteiger partial charge < -0.3 is 14.9 Å². The van der Waals surface area contributed by atoms with Gasteiger partial charge in [0, 0.05) is 51.7 Å². The van der Waals surface area contributed by atoms with Gasteiger partial charge in [-0.25, -0.2) is 4.39 Å². The standard InChI is InChI=1S/C18H26FN3O2/c1-20-8-10-21(11-9-20)18(24)6-7-22-13-16(23)12-17(22)14-2-4-15(19)5-3-14/h2-5,16-17,23H,6-13H2,1H3/t16-,17-/m0/s1. The molecule has 0 unspecified atom stereocenters. The normalized spacial score (nSPS) is 26.0. The van der Waals surface area contributed by atoms with Crippen LogP contribution >= 0.6 is 0 Å². The summed E-state index contributed by atoms with van der Waals surface area (Å²) >= 11 is 0. The molecule has 2 heterocycles. The summed E-state index contributed by atoms with van der Waals surface area (Å²) in [6.07, 6.45) is 0.710. The Labute approximate surface area is 142 Å². The largest absolute Gasteiger partial charge is 0.392 e. The highest BCUT2D eigenvalue weighted by atomic mass is 19.1. The summed E-state index contributed by atoms with van der Waals surface area (Å²) in [5.41, 5.74) is 1.000. The zero-order chi connectivity index (χ0) is 17.1. The van der Waals surface area contributed by atoms with Gasteiger partial charge in [0.25, 0.3) is 0 Å². The van der Waals surface area contributed by atoms with Gasteiger partial charge in [0.05, 0.1) is 6.10 Å². The lowest BCUT2D eigenvalue weighted by atomic mass is 10.0. The van der Waals surface area contributed by atoms with E-state index in [2.05, 4.69) is 16.8 Å². The van der Waals surface area contributed by atoms with E-state index in [0.29, 0.717) is 25.9 Å². The molecule has 2 fully saturated rings. The summed E-state index contributed by atoms with van der Waals surface area (Å²) in [6.45, 7) is 4.62. The molecule has 5 nitrogen and oxygen atoms in total. The second-order valence-electron chi connectivity index (χ2n) is 6.89. The van der Waals surface area contributed by atoms with Crippen molar-refractivity contribution in [1.82, 2.24) is 14.7 Å². The van der Waals surface area contributed by atoms with E-state index >= 15 is 0 Å². The number of hydrogen-bond acceptors (Lipinski definition) is 4. The lowest BCUT2D eigenvalue weighted by molar-refractivity contribution is -0.133. The molecule has 2 aliphatic rings. The molecule has 0 spiro atoms. The topological polar surface area (TPSA) is 47.0 Å². The maximum atomic E-state index is 13.1. The maximum absolute atomic E-state index is 13.1. The van der Waals surface area contributed by atoms with Gasteiger partial charge in [0.1, 0.15) is 5.82 Å². The van der Waals surface area contributed by atoms with E-state index < -0.39 is 6.10 Å². The van der Waals surface area contributed by atoms with Gasteiger partial charge in [-0.2, -0.15) is 0 Å². The van der Waals surface area contributed by atoms with Crippen LogP contribution in [0.3, 0.4) is 0 Å². The van der Waals surface area contributed by atoms with E-state index in [1.54, 1.807) is 12.1 Å². The summed E-state index contributed by atoms with van der Waals surface area (Å²) < 4.78 is 13.1. The fourth-order valence-corrected chi connectivity index (χ4v) is 3.61. The van der Waals surface area contributed by atoms with E-state index in [0.717, 1.165) is 31.7 Å². The number of halogens is 1. The Morgan fingerprint density at radius 3 is 2.54 bits per heavy atom. The van der Waals surface area contributed by atoms with Crippen molar-refractivity contribution in [3.8, 4) is 0 Å². The van der Waals surface area contributed by atoms with Crippen LogP contribution in [0, 0.1) is 5.82 Å². The highest BCUT2D eigenvalue weighted by molar-refractivity contribution is 5.76. The Morgan fingerprint density at radius 2 is 1.88 bits per heavy atom. The lowest BCUT2D eigenvalue weighted by Crippen LogP contribution is -2.47. The summed E-state index contributed by atoms with van der Waals surface area (Å²) in [7, 11) is 2.07. The van der Waals surface area contributed by atoms with Crippen LogP contribution < -0.4 is 0 Å². The molecule has 1 N–H and O–H groups in total. The third-order valence-electron chi connectivity index (χ3n) is 5.11. The highest BCUT2D eigenvalue weighted by Crippen LogP contribution is 2.32. The highest BCUT2D eigenvalue weighted by Gasteiger charge is 2.32. The van der Waals surface area contributed by atoms with Crippen LogP contribution in [0.2, 0.25) is 0 Å². The number of carbonyl (C=O) groups excluding carboxylic acids is 1. The molecule has 132 valence electrons. The Bertz CT molecular complexity index is 558.